The first-order valence-electron chi connectivity index (χ1n) is 4.74. The van der Waals surface area contributed by atoms with E-state index in [9.17, 15) is 9.18 Å². The van der Waals surface area contributed by atoms with Crippen LogP contribution in [0.1, 0.15) is 12.5 Å². The molecule has 0 aliphatic rings. The lowest BCUT2D eigenvalue weighted by atomic mass is 10.2. The second kappa shape index (κ2) is 5.66. The van der Waals surface area contributed by atoms with Crippen LogP contribution in [0.25, 0.3) is 0 Å². The average Bonchev–Trinajstić information content (AvgIpc) is 2.25. The molecule has 0 aromatic heterocycles. The van der Waals surface area contributed by atoms with Crippen molar-refractivity contribution in [3.8, 4) is 17.6 Å². The number of nitrogens with zero attached hydrogens (tertiary/aromatic N) is 1. The van der Waals surface area contributed by atoms with Crippen molar-refractivity contribution in [3.63, 3.8) is 0 Å². The predicted octanol–water partition coefficient (Wildman–Crippen LogP) is 2.19. The van der Waals surface area contributed by atoms with Gasteiger partial charge in [0.2, 0.25) is 0 Å². The predicted molar refractivity (Wildman–Crippen MR) is 58.1 cm³/mol. The minimum absolute atomic E-state index is 0.154. The standard InChI is InChI=1S/C12H10FNO3/c1-3-4-16-9-5-11(13)10(7-14)12(6-9)17-8(2)15/h3,5-6H,1,4H2,2H3. The Bertz CT molecular complexity index is 491. The molecule has 0 spiro atoms. The topological polar surface area (TPSA) is 59.3 Å². The third-order valence-corrected chi connectivity index (χ3v) is 1.76. The van der Waals surface area contributed by atoms with E-state index in [1.165, 1.54) is 12.1 Å². The summed E-state index contributed by atoms with van der Waals surface area (Å²) in [6, 6.07) is 3.96. The number of carbonyl (C=O) groups excluding carboxylic acids is 1. The Morgan fingerprint density at radius 1 is 1.65 bits per heavy atom. The minimum atomic E-state index is -0.801. The van der Waals surface area contributed by atoms with Crippen molar-refractivity contribution < 1.29 is 18.7 Å². The van der Waals surface area contributed by atoms with Gasteiger partial charge in [-0.25, -0.2) is 4.39 Å². The van der Waals surface area contributed by atoms with Crippen LogP contribution in [0.3, 0.4) is 0 Å². The maximum atomic E-state index is 13.5. The highest BCUT2D eigenvalue weighted by Crippen LogP contribution is 2.27. The number of halogens is 1. The lowest BCUT2D eigenvalue weighted by molar-refractivity contribution is -0.131. The largest absolute Gasteiger partial charge is 0.489 e. The molecule has 5 heteroatoms. The van der Waals surface area contributed by atoms with Crippen molar-refractivity contribution in [3.05, 3.63) is 36.2 Å². The van der Waals surface area contributed by atoms with E-state index in [1.54, 1.807) is 6.07 Å². The maximum Gasteiger partial charge on any atom is 0.308 e. The van der Waals surface area contributed by atoms with E-state index in [2.05, 4.69) is 6.58 Å². The summed E-state index contributed by atoms with van der Waals surface area (Å²) in [5.41, 5.74) is -0.328. The molecule has 1 aromatic carbocycles. The molecule has 0 radical (unpaired) electrons. The maximum absolute atomic E-state index is 13.5. The number of ether oxygens (including phenoxy) is 2. The highest BCUT2D eigenvalue weighted by molar-refractivity contribution is 5.70. The summed E-state index contributed by atoms with van der Waals surface area (Å²) in [4.78, 5) is 10.8. The molecule has 0 fully saturated rings. The Labute approximate surface area is 97.9 Å². The van der Waals surface area contributed by atoms with Crippen LogP contribution in [0, 0.1) is 17.1 Å². The summed E-state index contributed by atoms with van der Waals surface area (Å²) in [5, 5.41) is 8.74. The van der Waals surface area contributed by atoms with Crippen LogP contribution in [-0.4, -0.2) is 12.6 Å². The van der Waals surface area contributed by atoms with E-state index in [0.717, 1.165) is 13.0 Å². The number of benzene rings is 1. The van der Waals surface area contributed by atoms with Gasteiger partial charge in [0.15, 0.2) is 5.75 Å². The molecule has 0 aliphatic carbocycles. The fourth-order valence-corrected chi connectivity index (χ4v) is 1.14. The summed E-state index contributed by atoms with van der Waals surface area (Å²) in [5.74, 6) is -1.43. The van der Waals surface area contributed by atoms with E-state index >= 15 is 0 Å². The zero-order chi connectivity index (χ0) is 12.8. The lowest BCUT2D eigenvalue weighted by Crippen LogP contribution is -2.05. The fourth-order valence-electron chi connectivity index (χ4n) is 1.14. The van der Waals surface area contributed by atoms with Crippen LogP contribution in [0.15, 0.2) is 24.8 Å². The smallest absolute Gasteiger partial charge is 0.308 e. The van der Waals surface area contributed by atoms with Crippen molar-refractivity contribution in [1.29, 1.82) is 5.26 Å². The van der Waals surface area contributed by atoms with Gasteiger partial charge >= 0.3 is 5.97 Å². The van der Waals surface area contributed by atoms with Gasteiger partial charge in [-0.05, 0) is 0 Å². The molecule has 88 valence electrons. The van der Waals surface area contributed by atoms with Crippen molar-refractivity contribution in [2.24, 2.45) is 0 Å². The van der Waals surface area contributed by atoms with Gasteiger partial charge in [0.25, 0.3) is 0 Å². The van der Waals surface area contributed by atoms with Crippen LogP contribution in [0.5, 0.6) is 11.5 Å². The van der Waals surface area contributed by atoms with Gasteiger partial charge in [0, 0.05) is 19.1 Å². The second-order valence-corrected chi connectivity index (χ2v) is 3.08. The van der Waals surface area contributed by atoms with E-state index in [1.807, 2.05) is 0 Å². The van der Waals surface area contributed by atoms with Gasteiger partial charge in [-0.2, -0.15) is 5.26 Å². The van der Waals surface area contributed by atoms with Gasteiger partial charge in [-0.1, -0.05) is 12.7 Å². The summed E-state index contributed by atoms with van der Waals surface area (Å²) in [6.07, 6.45) is 1.49. The van der Waals surface area contributed by atoms with E-state index in [-0.39, 0.29) is 23.7 Å². The molecule has 0 bridgehead atoms. The second-order valence-electron chi connectivity index (χ2n) is 3.08. The van der Waals surface area contributed by atoms with Crippen LogP contribution in [0.2, 0.25) is 0 Å². The van der Waals surface area contributed by atoms with Crippen molar-refractivity contribution in [2.75, 3.05) is 6.61 Å². The summed E-state index contributed by atoms with van der Waals surface area (Å²) < 4.78 is 23.3. The van der Waals surface area contributed by atoms with Gasteiger partial charge < -0.3 is 9.47 Å². The normalized spacial score (nSPS) is 9.24. The Morgan fingerprint density at radius 2 is 2.35 bits per heavy atom. The Kier molecular flexibility index (Phi) is 4.23. The molecule has 0 amide bonds. The lowest BCUT2D eigenvalue weighted by Gasteiger charge is -2.08. The Hall–Kier alpha value is -2.35. The molecule has 17 heavy (non-hydrogen) atoms. The van der Waals surface area contributed by atoms with Crippen LogP contribution in [0.4, 0.5) is 4.39 Å². The Balaban J connectivity index is 3.14. The summed E-state index contributed by atoms with van der Waals surface area (Å²) in [6.45, 7) is 4.79. The zero-order valence-electron chi connectivity index (χ0n) is 9.20. The van der Waals surface area contributed by atoms with Crippen LogP contribution < -0.4 is 9.47 Å². The monoisotopic (exact) mass is 235 g/mol. The van der Waals surface area contributed by atoms with Crippen LogP contribution >= 0.6 is 0 Å². The highest BCUT2D eigenvalue weighted by atomic mass is 19.1. The number of esters is 1. The molecule has 4 nitrogen and oxygen atoms in total. The summed E-state index contributed by atoms with van der Waals surface area (Å²) in [7, 11) is 0. The number of hydrogen-bond acceptors (Lipinski definition) is 4. The molecular weight excluding hydrogens is 225 g/mol. The van der Waals surface area contributed by atoms with E-state index < -0.39 is 11.8 Å². The van der Waals surface area contributed by atoms with Crippen molar-refractivity contribution >= 4 is 5.97 Å². The van der Waals surface area contributed by atoms with Crippen molar-refractivity contribution in [2.45, 2.75) is 6.92 Å². The first-order chi connectivity index (χ1) is 8.08. The van der Waals surface area contributed by atoms with Gasteiger partial charge in [-0.3, -0.25) is 4.79 Å². The quantitative estimate of drug-likeness (QED) is 0.456. The number of hydrogen-bond donors (Lipinski definition) is 0. The third kappa shape index (κ3) is 3.31. The number of rotatable bonds is 4. The fraction of sp³-hybridized carbons (Fsp3) is 0.167. The first kappa shape index (κ1) is 12.7. The molecule has 0 saturated carbocycles. The molecule has 0 saturated heterocycles. The Morgan fingerprint density at radius 3 is 2.88 bits per heavy atom. The molecule has 1 aromatic rings. The van der Waals surface area contributed by atoms with E-state index in [4.69, 9.17) is 14.7 Å². The first-order valence-corrected chi connectivity index (χ1v) is 4.74. The molecule has 0 atom stereocenters. The molecule has 0 unspecified atom stereocenters. The SMILES string of the molecule is C=CCOc1cc(F)c(C#N)c(OC(C)=O)c1. The molecule has 0 aliphatic heterocycles. The molecule has 0 N–H and O–H groups in total. The average molecular weight is 235 g/mol. The number of nitriles is 1. The number of carbonyl (C=O) groups is 1. The van der Waals surface area contributed by atoms with E-state index in [0.29, 0.717) is 0 Å². The molecule has 1 rings (SSSR count). The minimum Gasteiger partial charge on any atom is -0.489 e. The zero-order valence-corrected chi connectivity index (χ0v) is 9.20. The van der Waals surface area contributed by atoms with Gasteiger partial charge in [-0.15, -0.1) is 0 Å². The van der Waals surface area contributed by atoms with Crippen LogP contribution in [-0.2, 0) is 4.79 Å². The van der Waals surface area contributed by atoms with Gasteiger partial charge in [0.1, 0.15) is 29.8 Å². The van der Waals surface area contributed by atoms with Gasteiger partial charge in [0.05, 0.1) is 0 Å². The van der Waals surface area contributed by atoms with Crippen molar-refractivity contribution in [1.82, 2.24) is 0 Å². The molecule has 0 heterocycles. The highest BCUT2D eigenvalue weighted by Gasteiger charge is 2.14. The third-order valence-electron chi connectivity index (χ3n) is 1.76. The summed E-state index contributed by atoms with van der Waals surface area (Å²) >= 11 is 0. The molecular formula is C12H10FNO3.